The molecule has 0 spiro atoms. The first kappa shape index (κ1) is 14.3. The van der Waals surface area contributed by atoms with Crippen molar-refractivity contribution in [2.24, 2.45) is 0 Å². The molecule has 0 radical (unpaired) electrons. The van der Waals surface area contributed by atoms with Gasteiger partial charge in [0.15, 0.2) is 0 Å². The molecule has 17 heavy (non-hydrogen) atoms. The van der Waals surface area contributed by atoms with Crippen LogP contribution in [0.4, 0.5) is 14.5 Å². The van der Waals surface area contributed by atoms with Crippen LogP contribution in [0.2, 0.25) is 0 Å². The van der Waals surface area contributed by atoms with Gasteiger partial charge in [-0.3, -0.25) is 0 Å². The van der Waals surface area contributed by atoms with Crippen LogP contribution in [0.5, 0.6) is 0 Å². The van der Waals surface area contributed by atoms with Crippen LogP contribution in [0, 0.1) is 0 Å². The van der Waals surface area contributed by atoms with E-state index < -0.39 is 23.0 Å². The summed E-state index contributed by atoms with van der Waals surface area (Å²) in [5, 5.41) is 0. The fraction of sp³-hybridized carbons (Fsp3) is 0.333. The quantitative estimate of drug-likeness (QED) is 0.859. The Bertz CT molecular complexity index is 508. The zero-order chi connectivity index (χ0) is 13.2. The smallest absolute Gasteiger partial charge is 0.252 e. The topological polar surface area (TPSA) is 63.4 Å². The van der Waals surface area contributed by atoms with E-state index in [1.807, 2.05) is 0 Å². The van der Waals surface area contributed by atoms with E-state index in [4.69, 9.17) is 5.73 Å². The summed E-state index contributed by atoms with van der Waals surface area (Å²) in [5.41, 5.74) is 5.77. The van der Waals surface area contributed by atoms with Gasteiger partial charge in [0.1, 0.15) is 0 Å². The highest BCUT2D eigenvalue weighted by Gasteiger charge is 2.23. The molecular weight excluding hydrogens is 318 g/mol. The van der Waals surface area contributed by atoms with Gasteiger partial charge in [0, 0.05) is 17.2 Å². The Morgan fingerprint density at radius 2 is 2.06 bits per heavy atom. The normalized spacial score (nSPS) is 12.4. The summed E-state index contributed by atoms with van der Waals surface area (Å²) in [6, 6.07) is 3.98. The van der Waals surface area contributed by atoms with E-state index in [2.05, 4.69) is 15.9 Å². The number of nitrogen functional groups attached to an aromatic ring is 1. The molecule has 0 fully saturated rings. The highest BCUT2D eigenvalue weighted by atomic mass is 79.9. The van der Waals surface area contributed by atoms with Crippen molar-refractivity contribution < 1.29 is 17.2 Å². The maximum atomic E-state index is 12.1. The summed E-state index contributed by atoms with van der Waals surface area (Å²) in [6.45, 7) is -0.849. The van der Waals surface area contributed by atoms with E-state index in [0.717, 1.165) is 7.05 Å². The van der Waals surface area contributed by atoms with Crippen LogP contribution in [0.1, 0.15) is 0 Å². The maximum absolute atomic E-state index is 12.1. The molecule has 0 aromatic heterocycles. The molecule has 0 atom stereocenters. The standard InChI is InChI=1S/C9H11BrF2N2O2S/c1-14(5-9(11)12)17(15,16)6-2-3-7(10)8(13)4-6/h2-4,9H,5,13H2,1H3. The number of nitrogens with zero attached hydrogens (tertiary/aromatic N) is 1. The molecule has 0 aliphatic rings. The lowest BCUT2D eigenvalue weighted by Gasteiger charge is -2.16. The van der Waals surface area contributed by atoms with Gasteiger partial charge in [0.25, 0.3) is 6.43 Å². The molecule has 1 aromatic carbocycles. The average molecular weight is 329 g/mol. The molecule has 2 N–H and O–H groups in total. The lowest BCUT2D eigenvalue weighted by Crippen LogP contribution is -2.31. The van der Waals surface area contributed by atoms with Gasteiger partial charge in [-0.25, -0.2) is 17.2 Å². The highest BCUT2D eigenvalue weighted by molar-refractivity contribution is 9.10. The maximum Gasteiger partial charge on any atom is 0.252 e. The Labute approximate surface area is 107 Å². The predicted molar refractivity (Wildman–Crippen MR) is 64.4 cm³/mol. The van der Waals surface area contributed by atoms with Gasteiger partial charge in [-0.15, -0.1) is 0 Å². The number of alkyl halides is 2. The van der Waals surface area contributed by atoms with Crippen molar-refractivity contribution in [1.82, 2.24) is 4.31 Å². The lowest BCUT2D eigenvalue weighted by atomic mass is 10.3. The average Bonchev–Trinajstić information content (AvgIpc) is 2.20. The van der Waals surface area contributed by atoms with E-state index >= 15 is 0 Å². The van der Waals surface area contributed by atoms with Gasteiger partial charge >= 0.3 is 0 Å². The zero-order valence-corrected chi connectivity index (χ0v) is 11.3. The molecule has 1 aromatic rings. The summed E-state index contributed by atoms with van der Waals surface area (Å²) in [4.78, 5) is -0.110. The second-order valence-electron chi connectivity index (χ2n) is 3.36. The van der Waals surface area contributed by atoms with Crippen LogP contribution in [0.15, 0.2) is 27.6 Å². The molecule has 0 unspecified atom stereocenters. The van der Waals surface area contributed by atoms with Gasteiger partial charge in [0.05, 0.1) is 11.4 Å². The predicted octanol–water partition coefficient (Wildman–Crippen LogP) is 1.92. The molecule has 0 aliphatic carbocycles. The van der Waals surface area contributed by atoms with Crippen LogP contribution in [-0.4, -0.2) is 32.7 Å². The van der Waals surface area contributed by atoms with Crippen molar-refractivity contribution in [3.05, 3.63) is 22.7 Å². The number of rotatable bonds is 4. The Hall–Kier alpha value is -0.730. The largest absolute Gasteiger partial charge is 0.398 e. The molecule has 0 bridgehead atoms. The van der Waals surface area contributed by atoms with Crippen molar-refractivity contribution in [2.45, 2.75) is 11.3 Å². The number of hydrogen-bond acceptors (Lipinski definition) is 3. The third-order valence-corrected chi connectivity index (χ3v) is 4.61. The SMILES string of the molecule is CN(CC(F)F)S(=O)(=O)c1ccc(Br)c(N)c1. The van der Waals surface area contributed by atoms with Gasteiger partial charge < -0.3 is 5.73 Å². The summed E-state index contributed by atoms with van der Waals surface area (Å²) in [7, 11) is -2.82. The molecule has 0 aliphatic heterocycles. The Kier molecular flexibility index (Phi) is 4.45. The molecule has 4 nitrogen and oxygen atoms in total. The van der Waals surface area contributed by atoms with E-state index in [0.29, 0.717) is 8.78 Å². The van der Waals surface area contributed by atoms with E-state index in [9.17, 15) is 17.2 Å². The lowest BCUT2D eigenvalue weighted by molar-refractivity contribution is 0.126. The van der Waals surface area contributed by atoms with Gasteiger partial charge in [-0.05, 0) is 34.1 Å². The zero-order valence-electron chi connectivity index (χ0n) is 8.90. The van der Waals surface area contributed by atoms with Crippen LogP contribution >= 0.6 is 15.9 Å². The van der Waals surface area contributed by atoms with Crippen molar-refractivity contribution in [3.63, 3.8) is 0 Å². The van der Waals surface area contributed by atoms with Crippen LogP contribution in [0.25, 0.3) is 0 Å². The molecular formula is C9H11BrF2N2O2S. The summed E-state index contributed by atoms with van der Waals surface area (Å²) in [5.74, 6) is 0. The van der Waals surface area contributed by atoms with E-state index in [1.54, 1.807) is 0 Å². The number of halogens is 3. The fourth-order valence-electron chi connectivity index (χ4n) is 1.15. The van der Waals surface area contributed by atoms with Gasteiger partial charge in [-0.1, -0.05) is 0 Å². The third-order valence-electron chi connectivity index (χ3n) is 2.07. The van der Waals surface area contributed by atoms with E-state index in [1.165, 1.54) is 18.2 Å². The molecule has 1 rings (SSSR count). The summed E-state index contributed by atoms with van der Waals surface area (Å²) < 4.78 is 49.1. The minimum atomic E-state index is -3.92. The minimum absolute atomic E-state index is 0.110. The number of sulfonamides is 1. The van der Waals surface area contributed by atoms with Crippen LogP contribution in [0.3, 0.4) is 0 Å². The first-order chi connectivity index (χ1) is 7.75. The number of anilines is 1. The van der Waals surface area contributed by atoms with Crippen molar-refractivity contribution in [3.8, 4) is 0 Å². The minimum Gasteiger partial charge on any atom is -0.398 e. The second-order valence-corrected chi connectivity index (χ2v) is 6.26. The van der Waals surface area contributed by atoms with Gasteiger partial charge in [0.2, 0.25) is 10.0 Å². The number of nitrogens with two attached hydrogens (primary N) is 1. The Morgan fingerprint density at radius 3 is 2.53 bits per heavy atom. The van der Waals surface area contributed by atoms with Crippen LogP contribution in [-0.2, 0) is 10.0 Å². The molecule has 96 valence electrons. The third kappa shape index (κ3) is 3.36. The Balaban J connectivity index is 3.09. The van der Waals surface area contributed by atoms with Gasteiger partial charge in [-0.2, -0.15) is 4.31 Å². The molecule has 0 amide bonds. The monoisotopic (exact) mass is 328 g/mol. The van der Waals surface area contributed by atoms with Crippen molar-refractivity contribution in [2.75, 3.05) is 19.3 Å². The highest BCUT2D eigenvalue weighted by Crippen LogP contribution is 2.24. The second kappa shape index (κ2) is 5.28. The molecule has 0 heterocycles. The van der Waals surface area contributed by atoms with E-state index in [-0.39, 0.29) is 10.6 Å². The molecule has 0 saturated heterocycles. The molecule has 0 saturated carbocycles. The molecule has 8 heteroatoms. The summed E-state index contributed by atoms with van der Waals surface area (Å²) >= 11 is 3.12. The first-order valence-corrected chi connectivity index (χ1v) is 6.78. The van der Waals surface area contributed by atoms with Crippen molar-refractivity contribution in [1.29, 1.82) is 0 Å². The van der Waals surface area contributed by atoms with Crippen molar-refractivity contribution >= 4 is 31.6 Å². The Morgan fingerprint density at radius 1 is 1.47 bits per heavy atom. The van der Waals surface area contributed by atoms with Crippen LogP contribution < -0.4 is 5.73 Å². The fourth-order valence-corrected chi connectivity index (χ4v) is 2.59. The first-order valence-electron chi connectivity index (χ1n) is 4.54. The number of hydrogen-bond donors (Lipinski definition) is 1. The summed E-state index contributed by atoms with van der Waals surface area (Å²) in [6.07, 6.45) is -2.72. The number of benzene rings is 1.